The van der Waals surface area contributed by atoms with Crippen molar-refractivity contribution >= 4 is 17.9 Å². The maximum atomic E-state index is 12.5. The van der Waals surface area contributed by atoms with Gasteiger partial charge in [-0.25, -0.2) is 9.59 Å². The van der Waals surface area contributed by atoms with E-state index in [2.05, 4.69) is 0 Å². The van der Waals surface area contributed by atoms with Crippen molar-refractivity contribution < 1.29 is 29.0 Å². The van der Waals surface area contributed by atoms with Crippen molar-refractivity contribution in [2.75, 3.05) is 7.11 Å². The summed E-state index contributed by atoms with van der Waals surface area (Å²) in [5, 5.41) is 9.26. The van der Waals surface area contributed by atoms with Gasteiger partial charge in [0.2, 0.25) is 5.54 Å². The average Bonchev–Trinajstić information content (AvgIpc) is 2.52. The molecule has 26 heavy (non-hydrogen) atoms. The van der Waals surface area contributed by atoms with Gasteiger partial charge in [-0.2, -0.15) is 0 Å². The Hall–Kier alpha value is -1.63. The molecule has 1 unspecified atom stereocenters. The molecule has 0 radical (unpaired) electrons. The van der Waals surface area contributed by atoms with E-state index in [4.69, 9.17) is 15.2 Å². The van der Waals surface area contributed by atoms with Crippen LogP contribution in [0.15, 0.2) is 0 Å². The van der Waals surface area contributed by atoms with Gasteiger partial charge in [-0.05, 0) is 58.3 Å². The molecule has 0 bridgehead atoms. The van der Waals surface area contributed by atoms with Crippen LogP contribution >= 0.6 is 0 Å². The van der Waals surface area contributed by atoms with Crippen LogP contribution in [0.25, 0.3) is 0 Å². The maximum Gasteiger partial charge on any atom is 0.338 e. The van der Waals surface area contributed by atoms with E-state index < -0.39 is 29.0 Å². The van der Waals surface area contributed by atoms with Gasteiger partial charge in [0.1, 0.15) is 5.60 Å². The highest BCUT2D eigenvalue weighted by Crippen LogP contribution is 2.43. The number of carboxylic acids is 1. The minimum atomic E-state index is -1.87. The average molecular weight is 371 g/mol. The summed E-state index contributed by atoms with van der Waals surface area (Å²) in [6.07, 6.45) is 6.06. The predicted molar refractivity (Wildman–Crippen MR) is 96.4 cm³/mol. The molecule has 0 aliphatic heterocycles. The van der Waals surface area contributed by atoms with E-state index in [0.29, 0.717) is 12.8 Å². The van der Waals surface area contributed by atoms with Gasteiger partial charge in [0, 0.05) is 0 Å². The van der Waals surface area contributed by atoms with Gasteiger partial charge >= 0.3 is 17.9 Å². The third-order valence-corrected chi connectivity index (χ3v) is 5.03. The van der Waals surface area contributed by atoms with Gasteiger partial charge in [-0.15, -0.1) is 0 Å². The van der Waals surface area contributed by atoms with Gasteiger partial charge in [-0.1, -0.05) is 19.3 Å². The zero-order chi connectivity index (χ0) is 20.0. The first-order chi connectivity index (χ1) is 11.9. The second-order valence-corrected chi connectivity index (χ2v) is 8.45. The standard InChI is InChI=1S/C19H33NO6/c1-17(2,3)26-16(24)19(20,15(23)25-4)12-8-11-18(13-14(21)22)9-6-5-7-10-18/h5-13,20H2,1-4H3,(H,21,22). The molecule has 1 saturated carbocycles. The van der Waals surface area contributed by atoms with Crippen molar-refractivity contribution in [3.8, 4) is 0 Å². The molecule has 1 fully saturated rings. The highest BCUT2D eigenvalue weighted by molar-refractivity contribution is 6.04. The summed E-state index contributed by atoms with van der Waals surface area (Å²) < 4.78 is 10.0. The Labute approximate surface area is 155 Å². The normalized spacial score (nSPS) is 19.3. The molecule has 1 aliphatic rings. The second-order valence-electron chi connectivity index (χ2n) is 8.45. The van der Waals surface area contributed by atoms with Gasteiger partial charge in [0.25, 0.3) is 0 Å². The molecular formula is C19H33NO6. The van der Waals surface area contributed by atoms with Crippen LogP contribution in [-0.4, -0.2) is 41.3 Å². The van der Waals surface area contributed by atoms with Crippen molar-refractivity contribution in [3.05, 3.63) is 0 Å². The van der Waals surface area contributed by atoms with Crippen LogP contribution in [0, 0.1) is 5.41 Å². The van der Waals surface area contributed by atoms with Gasteiger partial charge < -0.3 is 20.3 Å². The van der Waals surface area contributed by atoms with Crippen LogP contribution in [0.4, 0.5) is 0 Å². The van der Waals surface area contributed by atoms with Crippen molar-refractivity contribution in [1.82, 2.24) is 0 Å². The lowest BCUT2D eigenvalue weighted by atomic mass is 9.68. The predicted octanol–water partition coefficient (Wildman–Crippen LogP) is 2.79. The Morgan fingerprint density at radius 2 is 1.65 bits per heavy atom. The topological polar surface area (TPSA) is 116 Å². The Kier molecular flexibility index (Phi) is 7.62. The largest absolute Gasteiger partial charge is 0.481 e. The number of hydrogen-bond donors (Lipinski definition) is 2. The Morgan fingerprint density at radius 1 is 1.08 bits per heavy atom. The first-order valence-electron chi connectivity index (χ1n) is 9.27. The summed E-state index contributed by atoms with van der Waals surface area (Å²) in [4.78, 5) is 35.9. The summed E-state index contributed by atoms with van der Waals surface area (Å²) in [6.45, 7) is 5.10. The number of aliphatic carboxylic acids is 1. The quantitative estimate of drug-likeness (QED) is 0.498. The fourth-order valence-electron chi connectivity index (χ4n) is 3.72. The van der Waals surface area contributed by atoms with E-state index in [9.17, 15) is 19.5 Å². The van der Waals surface area contributed by atoms with Gasteiger partial charge in [0.15, 0.2) is 0 Å². The third-order valence-electron chi connectivity index (χ3n) is 5.03. The zero-order valence-corrected chi connectivity index (χ0v) is 16.4. The number of carbonyl (C=O) groups is 3. The molecule has 0 spiro atoms. The van der Waals surface area contributed by atoms with Crippen LogP contribution in [0.1, 0.15) is 78.6 Å². The number of esters is 2. The fraction of sp³-hybridized carbons (Fsp3) is 0.842. The third kappa shape index (κ3) is 6.27. The second kappa shape index (κ2) is 8.84. The van der Waals surface area contributed by atoms with Crippen LogP contribution in [0.5, 0.6) is 0 Å². The first-order valence-corrected chi connectivity index (χ1v) is 9.27. The molecule has 150 valence electrons. The number of rotatable bonds is 8. The number of ether oxygens (including phenoxy) is 2. The molecule has 1 atom stereocenters. The smallest absolute Gasteiger partial charge is 0.338 e. The van der Waals surface area contributed by atoms with E-state index in [1.165, 1.54) is 7.11 Å². The molecule has 3 N–H and O–H groups in total. The summed E-state index contributed by atoms with van der Waals surface area (Å²) in [7, 11) is 1.18. The molecule has 1 aliphatic carbocycles. The summed E-state index contributed by atoms with van der Waals surface area (Å²) in [5.74, 6) is -2.46. The van der Waals surface area contributed by atoms with Gasteiger partial charge in [-0.3, -0.25) is 4.79 Å². The van der Waals surface area contributed by atoms with Crippen molar-refractivity contribution in [1.29, 1.82) is 0 Å². The van der Waals surface area contributed by atoms with Crippen LogP contribution in [0.2, 0.25) is 0 Å². The number of hydrogen-bond acceptors (Lipinski definition) is 6. The fourth-order valence-corrected chi connectivity index (χ4v) is 3.72. The zero-order valence-electron chi connectivity index (χ0n) is 16.4. The summed E-state index contributed by atoms with van der Waals surface area (Å²) in [5.41, 5.74) is 3.17. The van der Waals surface area contributed by atoms with E-state index in [1.807, 2.05) is 0 Å². The lowest BCUT2D eigenvalue weighted by Gasteiger charge is -2.37. The molecule has 0 heterocycles. The van der Waals surface area contributed by atoms with Crippen LogP contribution in [0.3, 0.4) is 0 Å². The van der Waals surface area contributed by atoms with E-state index in [-0.39, 0.29) is 18.3 Å². The molecule has 7 nitrogen and oxygen atoms in total. The summed E-state index contributed by atoms with van der Waals surface area (Å²) >= 11 is 0. The molecule has 0 aromatic heterocycles. The SMILES string of the molecule is COC(=O)C(N)(CCCC1(CC(=O)O)CCCCC1)C(=O)OC(C)(C)C. The number of carbonyl (C=O) groups excluding carboxylic acids is 2. The highest BCUT2D eigenvalue weighted by Gasteiger charge is 2.46. The van der Waals surface area contributed by atoms with Crippen molar-refractivity contribution in [2.45, 2.75) is 89.7 Å². The summed E-state index contributed by atoms with van der Waals surface area (Å²) in [6, 6.07) is 0. The monoisotopic (exact) mass is 371 g/mol. The number of carboxylic acid groups (broad SMARTS) is 1. The van der Waals surface area contributed by atoms with E-state index in [1.54, 1.807) is 20.8 Å². The lowest BCUT2D eigenvalue weighted by molar-refractivity contribution is -0.171. The highest BCUT2D eigenvalue weighted by atomic mass is 16.6. The molecule has 0 aromatic rings. The molecule has 1 rings (SSSR count). The Bertz CT molecular complexity index is 519. The molecule has 0 aromatic carbocycles. The Balaban J connectivity index is 2.83. The Morgan fingerprint density at radius 3 is 2.12 bits per heavy atom. The number of nitrogens with two attached hydrogens (primary N) is 1. The maximum absolute atomic E-state index is 12.5. The minimum absolute atomic E-state index is 0.0654. The molecular weight excluding hydrogens is 338 g/mol. The minimum Gasteiger partial charge on any atom is -0.481 e. The first kappa shape index (κ1) is 22.4. The number of methoxy groups -OCH3 is 1. The van der Waals surface area contributed by atoms with E-state index >= 15 is 0 Å². The lowest BCUT2D eigenvalue weighted by Crippen LogP contribution is -2.57. The van der Waals surface area contributed by atoms with E-state index in [0.717, 1.165) is 32.1 Å². The van der Waals surface area contributed by atoms with Crippen molar-refractivity contribution in [2.24, 2.45) is 11.1 Å². The van der Waals surface area contributed by atoms with Crippen molar-refractivity contribution in [3.63, 3.8) is 0 Å². The molecule has 0 amide bonds. The van der Waals surface area contributed by atoms with Gasteiger partial charge in [0.05, 0.1) is 13.5 Å². The molecule has 0 saturated heterocycles. The van der Waals surface area contributed by atoms with Crippen LogP contribution in [-0.2, 0) is 23.9 Å². The van der Waals surface area contributed by atoms with Crippen LogP contribution < -0.4 is 5.73 Å². The molecule has 7 heteroatoms.